The summed E-state index contributed by atoms with van der Waals surface area (Å²) in [4.78, 5) is 15.4. The van der Waals surface area contributed by atoms with E-state index in [0.29, 0.717) is 24.2 Å². The molecule has 0 spiro atoms. The van der Waals surface area contributed by atoms with Crippen LogP contribution in [0.5, 0.6) is 0 Å². The molecule has 0 aliphatic carbocycles. The first-order chi connectivity index (χ1) is 13.5. The van der Waals surface area contributed by atoms with Crippen LogP contribution in [0.1, 0.15) is 43.2 Å². The number of aryl methyl sites for hydroxylation is 2. The fourth-order valence-corrected chi connectivity index (χ4v) is 6.72. The minimum Gasteiger partial charge on any atom is -0.337 e. The Morgan fingerprint density at radius 1 is 0.964 bits per heavy atom. The lowest BCUT2D eigenvalue weighted by Gasteiger charge is -2.38. The molecule has 148 valence electrons. The van der Waals surface area contributed by atoms with Crippen LogP contribution in [-0.4, -0.2) is 36.6 Å². The zero-order chi connectivity index (χ0) is 19.7. The average Bonchev–Trinajstić information content (AvgIpc) is 2.97. The number of carbonyl (C=O) groups excluding carboxylic acids is 1. The molecule has 0 saturated carbocycles. The lowest BCUT2D eigenvalue weighted by atomic mass is 9.99. The van der Waals surface area contributed by atoms with Crippen molar-refractivity contribution in [1.29, 1.82) is 0 Å². The summed E-state index contributed by atoms with van der Waals surface area (Å²) in [5.74, 6) is 0.173. The van der Waals surface area contributed by atoms with Crippen molar-refractivity contribution in [1.82, 2.24) is 4.90 Å². The molecule has 4 nitrogen and oxygen atoms in total. The fourth-order valence-electron chi connectivity index (χ4n) is 4.85. The van der Waals surface area contributed by atoms with Crippen molar-refractivity contribution in [2.45, 2.75) is 67.7 Å². The second-order valence-electron chi connectivity index (χ2n) is 8.06. The second-order valence-corrected chi connectivity index (χ2v) is 10.3. The van der Waals surface area contributed by atoms with Gasteiger partial charge in [0.15, 0.2) is 9.84 Å². The third kappa shape index (κ3) is 3.60. The quantitative estimate of drug-likeness (QED) is 0.768. The monoisotopic (exact) mass is 397 g/mol. The summed E-state index contributed by atoms with van der Waals surface area (Å²) in [6.07, 6.45) is 4.19. The lowest BCUT2D eigenvalue weighted by molar-refractivity contribution is -0.135. The zero-order valence-electron chi connectivity index (χ0n) is 16.3. The number of carbonyl (C=O) groups is 1. The first kappa shape index (κ1) is 19.2. The Labute approximate surface area is 167 Å². The molecule has 0 N–H and O–H groups in total. The van der Waals surface area contributed by atoms with E-state index in [9.17, 15) is 13.2 Å². The summed E-state index contributed by atoms with van der Waals surface area (Å²) in [6, 6.07) is 17.0. The number of benzene rings is 2. The van der Waals surface area contributed by atoms with Crippen LogP contribution < -0.4 is 0 Å². The largest absolute Gasteiger partial charge is 0.337 e. The highest BCUT2D eigenvalue weighted by Crippen LogP contribution is 2.40. The predicted octanol–water partition coefficient (Wildman–Crippen LogP) is 3.92. The fraction of sp³-hybridized carbons (Fsp3) is 0.435. The van der Waals surface area contributed by atoms with Crippen LogP contribution in [-0.2, 0) is 21.1 Å². The van der Waals surface area contributed by atoms with E-state index in [2.05, 4.69) is 19.1 Å². The van der Waals surface area contributed by atoms with Crippen LogP contribution in [0.3, 0.4) is 0 Å². The van der Waals surface area contributed by atoms with Gasteiger partial charge in [0.2, 0.25) is 5.91 Å². The molecule has 2 aliphatic heterocycles. The van der Waals surface area contributed by atoms with E-state index in [-0.39, 0.29) is 23.2 Å². The Kier molecular flexibility index (Phi) is 5.28. The van der Waals surface area contributed by atoms with Crippen molar-refractivity contribution < 1.29 is 13.2 Å². The minimum atomic E-state index is -3.34. The van der Waals surface area contributed by atoms with Gasteiger partial charge in [-0.1, -0.05) is 42.5 Å². The molecule has 3 atom stereocenters. The number of piperidine rings is 1. The van der Waals surface area contributed by atoms with Gasteiger partial charge in [-0.3, -0.25) is 4.79 Å². The normalized spacial score (nSPS) is 24.3. The van der Waals surface area contributed by atoms with E-state index < -0.39 is 9.84 Å². The lowest BCUT2D eigenvalue weighted by Crippen LogP contribution is -2.49. The Hall–Kier alpha value is -2.14. The Morgan fingerprint density at radius 3 is 2.21 bits per heavy atom. The van der Waals surface area contributed by atoms with E-state index in [1.807, 2.05) is 23.1 Å². The number of rotatable bonds is 5. The number of hydrogen-bond acceptors (Lipinski definition) is 3. The number of sulfone groups is 1. The van der Waals surface area contributed by atoms with Gasteiger partial charge in [0.1, 0.15) is 0 Å². The predicted molar refractivity (Wildman–Crippen MR) is 110 cm³/mol. The van der Waals surface area contributed by atoms with Crippen LogP contribution in [0.25, 0.3) is 0 Å². The molecule has 2 fully saturated rings. The second kappa shape index (κ2) is 7.70. The number of nitrogens with zero attached hydrogens (tertiary/aromatic N) is 1. The highest BCUT2D eigenvalue weighted by Gasteiger charge is 2.46. The molecular weight excluding hydrogens is 370 g/mol. The zero-order valence-corrected chi connectivity index (χ0v) is 17.1. The summed E-state index contributed by atoms with van der Waals surface area (Å²) in [7, 11) is -3.34. The van der Waals surface area contributed by atoms with Crippen molar-refractivity contribution in [3.05, 3.63) is 65.7 Å². The molecule has 1 unspecified atom stereocenters. The maximum Gasteiger partial charge on any atom is 0.223 e. The molecule has 2 heterocycles. The summed E-state index contributed by atoms with van der Waals surface area (Å²) in [5.41, 5.74) is 2.43. The van der Waals surface area contributed by atoms with Crippen LogP contribution in [0.4, 0.5) is 0 Å². The van der Waals surface area contributed by atoms with Crippen molar-refractivity contribution in [2.75, 3.05) is 0 Å². The molecule has 0 aromatic heterocycles. The Balaban J connectivity index is 1.44. The van der Waals surface area contributed by atoms with Gasteiger partial charge in [0.05, 0.1) is 10.1 Å². The molecule has 2 aromatic carbocycles. The summed E-state index contributed by atoms with van der Waals surface area (Å²) >= 11 is 0. The smallest absolute Gasteiger partial charge is 0.223 e. The highest BCUT2D eigenvalue weighted by molar-refractivity contribution is 7.92. The first-order valence-corrected chi connectivity index (χ1v) is 11.7. The summed E-state index contributed by atoms with van der Waals surface area (Å²) in [6.45, 7) is 2.07. The average molecular weight is 398 g/mol. The van der Waals surface area contributed by atoms with Crippen LogP contribution in [0, 0.1) is 6.92 Å². The van der Waals surface area contributed by atoms with E-state index in [1.165, 1.54) is 11.1 Å². The van der Waals surface area contributed by atoms with E-state index in [0.717, 1.165) is 19.3 Å². The van der Waals surface area contributed by atoms with Gasteiger partial charge >= 0.3 is 0 Å². The number of fused-ring (bicyclic) bond motifs is 2. The number of amides is 1. The molecule has 2 saturated heterocycles. The SMILES string of the molecule is Cc1ccccc1CCC(=O)N1[C@@H]2CC[C@H]1CC(S(=O)(=O)c1ccccc1)C2. The molecule has 28 heavy (non-hydrogen) atoms. The molecule has 4 rings (SSSR count). The van der Waals surface area contributed by atoms with Gasteiger partial charge in [-0.2, -0.15) is 0 Å². The van der Waals surface area contributed by atoms with Crippen LogP contribution in [0.15, 0.2) is 59.5 Å². The Morgan fingerprint density at radius 2 is 1.57 bits per heavy atom. The molecule has 0 radical (unpaired) electrons. The van der Waals surface area contributed by atoms with Gasteiger partial charge < -0.3 is 4.90 Å². The molecule has 2 bridgehead atoms. The van der Waals surface area contributed by atoms with Gasteiger partial charge in [0.25, 0.3) is 0 Å². The third-order valence-corrected chi connectivity index (χ3v) is 8.55. The minimum absolute atomic E-state index is 0.0617. The molecular formula is C23H27NO3S. The van der Waals surface area contributed by atoms with Crippen molar-refractivity contribution in [2.24, 2.45) is 0 Å². The van der Waals surface area contributed by atoms with Crippen molar-refractivity contribution in [3.8, 4) is 0 Å². The van der Waals surface area contributed by atoms with Gasteiger partial charge in [0, 0.05) is 18.5 Å². The van der Waals surface area contributed by atoms with Crippen molar-refractivity contribution >= 4 is 15.7 Å². The molecule has 5 heteroatoms. The topological polar surface area (TPSA) is 54.5 Å². The molecule has 2 aliphatic rings. The van der Waals surface area contributed by atoms with Gasteiger partial charge in [-0.15, -0.1) is 0 Å². The van der Waals surface area contributed by atoms with E-state index in [4.69, 9.17) is 0 Å². The third-order valence-electron chi connectivity index (χ3n) is 6.36. The van der Waals surface area contributed by atoms with E-state index >= 15 is 0 Å². The standard InChI is InChI=1S/C23H27NO3S/c1-17-7-5-6-8-18(17)11-14-23(25)24-19-12-13-20(24)16-22(15-19)28(26,27)21-9-3-2-4-10-21/h2-10,19-20,22H,11-16H2,1H3/t19-,20+,22?. The van der Waals surface area contributed by atoms with E-state index in [1.54, 1.807) is 24.3 Å². The van der Waals surface area contributed by atoms with Crippen LogP contribution >= 0.6 is 0 Å². The molecule has 1 amide bonds. The maximum atomic E-state index is 13.0. The highest BCUT2D eigenvalue weighted by atomic mass is 32.2. The molecule has 2 aromatic rings. The summed E-state index contributed by atoms with van der Waals surface area (Å²) in [5, 5.41) is -0.382. The van der Waals surface area contributed by atoms with Crippen molar-refractivity contribution in [3.63, 3.8) is 0 Å². The summed E-state index contributed by atoms with van der Waals surface area (Å²) < 4.78 is 26.1. The Bertz CT molecular complexity index is 941. The van der Waals surface area contributed by atoms with Gasteiger partial charge in [-0.05, 0) is 62.3 Å². The number of hydrogen-bond donors (Lipinski definition) is 0. The maximum absolute atomic E-state index is 13.0. The first-order valence-electron chi connectivity index (χ1n) is 10.1. The van der Waals surface area contributed by atoms with Crippen LogP contribution in [0.2, 0.25) is 0 Å². The van der Waals surface area contributed by atoms with Gasteiger partial charge in [-0.25, -0.2) is 8.42 Å².